The average Bonchev–Trinajstić information content (AvgIpc) is 3.20. The summed E-state index contributed by atoms with van der Waals surface area (Å²) in [4.78, 5) is 36.2. The first-order valence-electron chi connectivity index (χ1n) is 10.5. The third-order valence-corrected chi connectivity index (χ3v) is 5.22. The van der Waals surface area contributed by atoms with Gasteiger partial charge in [-0.1, -0.05) is 24.3 Å². The fourth-order valence-electron chi connectivity index (χ4n) is 3.45. The zero-order valence-corrected chi connectivity index (χ0v) is 18.8. The summed E-state index contributed by atoms with van der Waals surface area (Å²) >= 11 is 0. The highest BCUT2D eigenvalue weighted by Crippen LogP contribution is 2.31. The van der Waals surface area contributed by atoms with E-state index in [0.717, 1.165) is 5.01 Å². The van der Waals surface area contributed by atoms with Crippen molar-refractivity contribution in [2.24, 2.45) is 5.10 Å². The number of hydrazone groups is 1. The molecule has 1 amide bonds. The molecule has 36 heavy (non-hydrogen) atoms. The van der Waals surface area contributed by atoms with Crippen molar-refractivity contribution in [3.8, 4) is 11.5 Å². The van der Waals surface area contributed by atoms with E-state index in [1.807, 2.05) is 0 Å². The molecule has 0 aliphatic carbocycles. The first-order chi connectivity index (χ1) is 17.3. The molecule has 0 radical (unpaired) electrons. The number of halogens is 1. The molecule has 1 aliphatic heterocycles. The summed E-state index contributed by atoms with van der Waals surface area (Å²) in [6.45, 7) is 0.116. The quantitative estimate of drug-likeness (QED) is 0.458. The third-order valence-electron chi connectivity index (χ3n) is 5.22. The van der Waals surface area contributed by atoms with E-state index in [1.165, 1.54) is 49.6 Å². The molecule has 0 atom stereocenters. The van der Waals surface area contributed by atoms with Crippen molar-refractivity contribution in [2.75, 3.05) is 12.1 Å². The first kappa shape index (κ1) is 24.1. The Bertz CT molecular complexity index is 1410. The molecule has 0 unspecified atom stereocenters. The van der Waals surface area contributed by atoms with Crippen LogP contribution < -0.4 is 14.5 Å². The summed E-state index contributed by atoms with van der Waals surface area (Å²) in [5.41, 5.74) is 0.488. The van der Waals surface area contributed by atoms with E-state index in [0.29, 0.717) is 22.6 Å². The van der Waals surface area contributed by atoms with Gasteiger partial charge in [0.15, 0.2) is 17.2 Å². The highest BCUT2D eigenvalue weighted by Gasteiger charge is 2.35. The summed E-state index contributed by atoms with van der Waals surface area (Å²) < 4.78 is 24.3. The summed E-state index contributed by atoms with van der Waals surface area (Å²) in [6.07, 6.45) is 1.35. The number of hydrogen-bond acceptors (Lipinski definition) is 6. The second kappa shape index (κ2) is 10.1. The second-order valence-electron chi connectivity index (χ2n) is 7.61. The number of carboxylic acids is 2. The molecule has 1 aliphatic rings. The number of aliphatic carboxylic acids is 1. The van der Waals surface area contributed by atoms with Crippen LogP contribution in [0.1, 0.15) is 21.5 Å². The van der Waals surface area contributed by atoms with E-state index in [9.17, 15) is 29.0 Å². The van der Waals surface area contributed by atoms with Gasteiger partial charge >= 0.3 is 11.9 Å². The molecule has 0 spiro atoms. The maximum atomic E-state index is 13.2. The van der Waals surface area contributed by atoms with Gasteiger partial charge in [-0.2, -0.15) is 10.1 Å². The van der Waals surface area contributed by atoms with Crippen LogP contribution in [0.15, 0.2) is 77.4 Å². The topological polar surface area (TPSA) is 126 Å². The molecule has 10 heteroatoms. The minimum atomic E-state index is -1.42. The number of aromatic carboxylic acids is 1. The van der Waals surface area contributed by atoms with Gasteiger partial charge in [-0.25, -0.2) is 14.0 Å². The molecular formula is C26H19FN2O7. The predicted molar refractivity (Wildman–Crippen MR) is 128 cm³/mol. The van der Waals surface area contributed by atoms with E-state index in [4.69, 9.17) is 9.47 Å². The van der Waals surface area contributed by atoms with Crippen LogP contribution >= 0.6 is 0 Å². The van der Waals surface area contributed by atoms with Crippen LogP contribution in [0.4, 0.5) is 10.1 Å². The number of methoxy groups -OCH3 is 1. The molecule has 0 saturated heterocycles. The molecule has 0 bridgehead atoms. The Kier molecular flexibility index (Phi) is 6.77. The number of carbonyl (C=O) groups is 3. The number of nitrogens with zero attached hydrogens (tertiary/aromatic N) is 2. The van der Waals surface area contributed by atoms with Gasteiger partial charge in [0.2, 0.25) is 0 Å². The van der Waals surface area contributed by atoms with E-state index in [1.54, 1.807) is 30.3 Å². The van der Waals surface area contributed by atoms with Crippen molar-refractivity contribution in [3.05, 3.63) is 94.8 Å². The number of carbonyl (C=O) groups excluding carboxylic acids is 1. The van der Waals surface area contributed by atoms with Gasteiger partial charge < -0.3 is 19.7 Å². The number of carboxylic acid groups (broad SMARTS) is 2. The Morgan fingerprint density at radius 2 is 1.75 bits per heavy atom. The molecule has 9 nitrogen and oxygen atoms in total. The fraction of sp³-hybridized carbons (Fsp3) is 0.0769. The predicted octanol–water partition coefficient (Wildman–Crippen LogP) is 3.98. The van der Waals surface area contributed by atoms with Crippen molar-refractivity contribution in [2.45, 2.75) is 6.61 Å². The maximum absolute atomic E-state index is 13.2. The number of ether oxygens (including phenoxy) is 2. The van der Waals surface area contributed by atoms with Crippen LogP contribution in [0.25, 0.3) is 6.08 Å². The lowest BCUT2D eigenvalue weighted by Crippen LogP contribution is -2.22. The molecule has 182 valence electrons. The van der Waals surface area contributed by atoms with Crippen LogP contribution in [-0.2, 0) is 16.2 Å². The lowest BCUT2D eigenvalue weighted by Gasteiger charge is -2.13. The van der Waals surface area contributed by atoms with E-state index in [2.05, 4.69) is 5.10 Å². The fourth-order valence-corrected chi connectivity index (χ4v) is 3.45. The number of benzene rings is 3. The van der Waals surface area contributed by atoms with Crippen molar-refractivity contribution >= 4 is 35.3 Å². The van der Waals surface area contributed by atoms with E-state index >= 15 is 0 Å². The van der Waals surface area contributed by atoms with Gasteiger partial charge in [-0.3, -0.25) is 4.79 Å². The summed E-state index contributed by atoms with van der Waals surface area (Å²) in [5.74, 6) is -3.01. The van der Waals surface area contributed by atoms with Gasteiger partial charge in [0.1, 0.15) is 12.4 Å². The Hall–Kier alpha value is -4.99. The number of hydrogen-bond donors (Lipinski definition) is 2. The highest BCUT2D eigenvalue weighted by atomic mass is 19.1. The van der Waals surface area contributed by atoms with Crippen LogP contribution in [0.5, 0.6) is 11.5 Å². The molecule has 0 fully saturated rings. The summed E-state index contributed by atoms with van der Waals surface area (Å²) in [5, 5.41) is 23.6. The summed E-state index contributed by atoms with van der Waals surface area (Å²) in [6, 6.07) is 16.0. The zero-order valence-electron chi connectivity index (χ0n) is 18.8. The largest absolute Gasteiger partial charge is 0.493 e. The van der Waals surface area contributed by atoms with Crippen molar-refractivity contribution in [3.63, 3.8) is 0 Å². The second-order valence-corrected chi connectivity index (χ2v) is 7.61. The van der Waals surface area contributed by atoms with Gasteiger partial charge in [0.25, 0.3) is 5.91 Å². The molecule has 0 aromatic heterocycles. The molecule has 4 rings (SSSR count). The Balaban J connectivity index is 1.65. The lowest BCUT2D eigenvalue weighted by molar-refractivity contribution is -0.129. The lowest BCUT2D eigenvalue weighted by atomic mass is 10.1. The van der Waals surface area contributed by atoms with Crippen molar-refractivity contribution in [1.29, 1.82) is 0 Å². The van der Waals surface area contributed by atoms with E-state index in [-0.39, 0.29) is 29.2 Å². The SMILES string of the molecule is COc1ccc(/C=C2\C(=O)N(c3cccc(C(=O)O)c3)N=C2C(=O)O)cc1OCc1ccc(F)cc1. The van der Waals surface area contributed by atoms with Crippen LogP contribution in [0.2, 0.25) is 0 Å². The Morgan fingerprint density at radius 3 is 2.42 bits per heavy atom. The number of anilines is 1. The highest BCUT2D eigenvalue weighted by molar-refractivity contribution is 6.53. The monoisotopic (exact) mass is 490 g/mol. The average molecular weight is 490 g/mol. The molecule has 1 heterocycles. The minimum Gasteiger partial charge on any atom is -0.493 e. The number of rotatable bonds is 8. The van der Waals surface area contributed by atoms with Crippen molar-refractivity contribution < 1.29 is 38.5 Å². The molecule has 3 aromatic rings. The van der Waals surface area contributed by atoms with E-state index < -0.39 is 23.6 Å². The minimum absolute atomic E-state index is 0.0806. The standard InChI is InChI=1S/C26H19FN2O7/c1-35-21-10-7-16(12-22(21)36-14-15-5-8-18(27)9-6-15)11-20-23(26(33)34)28-29(24(20)30)19-4-2-3-17(13-19)25(31)32/h2-13H,14H2,1H3,(H,31,32)(H,33,34)/b20-11-. The van der Waals surface area contributed by atoms with Crippen molar-refractivity contribution in [1.82, 2.24) is 0 Å². The third kappa shape index (κ3) is 5.07. The summed E-state index contributed by atoms with van der Waals surface area (Å²) in [7, 11) is 1.46. The van der Waals surface area contributed by atoms with Gasteiger partial charge in [0.05, 0.1) is 23.9 Å². The van der Waals surface area contributed by atoms with Gasteiger partial charge in [-0.15, -0.1) is 0 Å². The maximum Gasteiger partial charge on any atom is 0.357 e. The van der Waals surface area contributed by atoms with Crippen LogP contribution in [0, 0.1) is 5.82 Å². The zero-order chi connectivity index (χ0) is 25.8. The Morgan fingerprint density at radius 1 is 1.00 bits per heavy atom. The normalized spacial score (nSPS) is 14.1. The molecular weight excluding hydrogens is 471 g/mol. The smallest absolute Gasteiger partial charge is 0.357 e. The molecule has 0 saturated carbocycles. The van der Waals surface area contributed by atoms with Crippen LogP contribution in [0.3, 0.4) is 0 Å². The number of amides is 1. The molecule has 2 N–H and O–H groups in total. The van der Waals surface area contributed by atoms with Crippen LogP contribution in [-0.4, -0.2) is 40.9 Å². The Labute approximate surface area is 204 Å². The first-order valence-corrected chi connectivity index (χ1v) is 10.5. The molecule has 3 aromatic carbocycles. The van der Waals surface area contributed by atoms with Gasteiger partial charge in [-0.05, 0) is 59.7 Å². The van der Waals surface area contributed by atoms with Gasteiger partial charge in [0, 0.05) is 0 Å².